The normalized spacial score (nSPS) is 10.7. The van der Waals surface area contributed by atoms with Crippen LogP contribution in [-0.2, 0) is 10.0 Å². The number of guanidine groups is 1. The van der Waals surface area contributed by atoms with E-state index in [1.165, 1.54) is 36.4 Å². The standard InChI is InChI=1S/C14H14FN5O2S2/c15-9-1-3-10(4-2-9)18-14(23)19-11-5-7-12(8-6-11)24(21,22)20-13(16)17/h1-8H,(H4,16,17,20)(H2,18,19,23)/p+1. The summed E-state index contributed by atoms with van der Waals surface area (Å²) in [6, 6.07) is 11.5. The molecule has 0 unspecified atom stereocenters. The van der Waals surface area contributed by atoms with E-state index in [1.807, 2.05) is 4.40 Å². The Morgan fingerprint density at radius 2 is 1.42 bits per heavy atom. The van der Waals surface area contributed by atoms with Gasteiger partial charge in [0.25, 0.3) is 0 Å². The SMILES string of the molecule is NC(N)=[NH+]S(=O)(=O)c1ccc(NC(=S)Nc2ccc(F)cc2)cc1. The maximum absolute atomic E-state index is 12.8. The third-order valence-corrected chi connectivity index (χ3v) is 4.38. The number of rotatable bonds is 4. The van der Waals surface area contributed by atoms with Gasteiger partial charge in [-0.05, 0) is 60.7 Å². The van der Waals surface area contributed by atoms with Gasteiger partial charge in [0.15, 0.2) is 5.11 Å². The van der Waals surface area contributed by atoms with Crippen molar-refractivity contribution in [1.29, 1.82) is 0 Å². The average molecular weight is 368 g/mol. The summed E-state index contributed by atoms with van der Waals surface area (Å²) < 4.78 is 38.6. The van der Waals surface area contributed by atoms with Crippen LogP contribution in [-0.4, -0.2) is 19.5 Å². The summed E-state index contributed by atoms with van der Waals surface area (Å²) in [5, 5.41) is 6.03. The Hall–Kier alpha value is -2.72. The number of halogens is 1. The topological polar surface area (TPSA) is 124 Å². The van der Waals surface area contributed by atoms with Crippen molar-refractivity contribution in [3.8, 4) is 0 Å². The third-order valence-electron chi connectivity index (χ3n) is 2.78. The highest BCUT2D eigenvalue weighted by Gasteiger charge is 2.14. The van der Waals surface area contributed by atoms with Crippen LogP contribution in [0, 0.1) is 5.82 Å². The van der Waals surface area contributed by atoms with E-state index in [9.17, 15) is 12.8 Å². The summed E-state index contributed by atoms with van der Waals surface area (Å²) in [6.45, 7) is 0. The summed E-state index contributed by atoms with van der Waals surface area (Å²) in [6.07, 6.45) is 0. The second-order valence-corrected chi connectivity index (χ2v) is 6.76. The Labute approximate surface area is 143 Å². The van der Waals surface area contributed by atoms with Crippen LogP contribution in [0.25, 0.3) is 0 Å². The minimum Gasteiger partial charge on any atom is -0.332 e. The van der Waals surface area contributed by atoms with Crippen molar-refractivity contribution < 1.29 is 17.2 Å². The second kappa shape index (κ2) is 7.23. The highest BCUT2D eigenvalue weighted by Crippen LogP contribution is 2.13. The first-order chi connectivity index (χ1) is 11.3. The van der Waals surface area contributed by atoms with Crippen LogP contribution in [0.5, 0.6) is 0 Å². The van der Waals surface area contributed by atoms with Gasteiger partial charge >= 0.3 is 16.0 Å². The molecule has 0 aliphatic rings. The lowest BCUT2D eigenvalue weighted by molar-refractivity contribution is -0.270. The lowest BCUT2D eigenvalue weighted by Gasteiger charge is -2.10. The Kier molecular flexibility index (Phi) is 5.31. The van der Waals surface area contributed by atoms with Crippen LogP contribution in [0.1, 0.15) is 0 Å². The van der Waals surface area contributed by atoms with Crippen LogP contribution < -0.4 is 26.5 Å². The molecule has 0 fully saturated rings. The molecule has 0 spiro atoms. The molecule has 7 N–H and O–H groups in total. The van der Waals surface area contributed by atoms with Crippen LogP contribution >= 0.6 is 12.2 Å². The zero-order valence-electron chi connectivity index (χ0n) is 12.3. The van der Waals surface area contributed by atoms with E-state index in [0.29, 0.717) is 11.4 Å². The number of anilines is 2. The highest BCUT2D eigenvalue weighted by atomic mass is 32.2. The van der Waals surface area contributed by atoms with Crippen molar-refractivity contribution in [3.63, 3.8) is 0 Å². The van der Waals surface area contributed by atoms with Gasteiger partial charge in [0.1, 0.15) is 10.7 Å². The molecule has 10 heteroatoms. The van der Waals surface area contributed by atoms with Crippen molar-refractivity contribution in [1.82, 2.24) is 0 Å². The molecule has 7 nitrogen and oxygen atoms in total. The zero-order valence-corrected chi connectivity index (χ0v) is 13.9. The fourth-order valence-corrected chi connectivity index (χ4v) is 2.92. The minimum absolute atomic E-state index is 0.00105. The molecular weight excluding hydrogens is 353 g/mol. The van der Waals surface area contributed by atoms with Crippen LogP contribution in [0.3, 0.4) is 0 Å². The molecule has 0 aliphatic carbocycles. The molecule has 0 atom stereocenters. The molecule has 0 bridgehead atoms. The van der Waals surface area contributed by atoms with E-state index >= 15 is 0 Å². The monoisotopic (exact) mass is 368 g/mol. The van der Waals surface area contributed by atoms with Crippen molar-refractivity contribution in [2.24, 2.45) is 11.5 Å². The van der Waals surface area contributed by atoms with Gasteiger partial charge in [0.2, 0.25) is 0 Å². The Balaban J connectivity index is 2.05. The molecule has 126 valence electrons. The van der Waals surface area contributed by atoms with Gasteiger partial charge in [0, 0.05) is 11.4 Å². The number of nitrogens with two attached hydrogens (primary N) is 2. The molecule has 0 saturated heterocycles. The van der Waals surface area contributed by atoms with Crippen LogP contribution in [0.4, 0.5) is 15.8 Å². The first kappa shape index (κ1) is 17.6. The molecule has 2 aromatic rings. The van der Waals surface area contributed by atoms with Gasteiger partial charge in [-0.15, -0.1) is 0 Å². The number of hydrogen-bond acceptors (Lipinski definition) is 3. The van der Waals surface area contributed by atoms with E-state index in [-0.39, 0.29) is 15.8 Å². The summed E-state index contributed by atoms with van der Waals surface area (Å²) in [5.74, 6) is -0.762. The number of thiocarbonyl (C=S) groups is 1. The van der Waals surface area contributed by atoms with Crippen LogP contribution in [0.15, 0.2) is 53.4 Å². The maximum atomic E-state index is 12.8. The third kappa shape index (κ3) is 4.89. The van der Waals surface area contributed by atoms with Crippen molar-refractivity contribution >= 4 is 44.7 Å². The smallest absolute Gasteiger partial charge is 0.332 e. The molecule has 0 aliphatic heterocycles. The number of sulfonamides is 1. The quantitative estimate of drug-likeness (QED) is 0.285. The number of nitrogens with one attached hydrogen (secondary N) is 3. The van der Waals surface area contributed by atoms with E-state index in [2.05, 4.69) is 10.6 Å². The summed E-state index contributed by atoms with van der Waals surface area (Å²) >= 11 is 5.13. The van der Waals surface area contributed by atoms with Crippen molar-refractivity contribution in [2.75, 3.05) is 10.6 Å². The molecule has 24 heavy (non-hydrogen) atoms. The van der Waals surface area contributed by atoms with E-state index < -0.39 is 16.0 Å². The predicted octanol–water partition coefficient (Wildman–Crippen LogP) is -0.323. The maximum Gasteiger partial charge on any atom is 0.353 e. The lowest BCUT2D eigenvalue weighted by atomic mass is 10.3. The summed E-state index contributed by atoms with van der Waals surface area (Å²) in [5.41, 5.74) is 11.5. The Bertz CT molecular complexity index is 861. The van der Waals surface area contributed by atoms with Gasteiger partial charge in [0.05, 0.1) is 0 Å². The fraction of sp³-hybridized carbons (Fsp3) is 0. The average Bonchev–Trinajstić information content (AvgIpc) is 2.49. The van der Waals surface area contributed by atoms with Crippen molar-refractivity contribution in [3.05, 3.63) is 54.3 Å². The largest absolute Gasteiger partial charge is 0.353 e. The molecule has 0 amide bonds. The number of benzene rings is 2. The van der Waals surface area contributed by atoms with Crippen molar-refractivity contribution in [2.45, 2.75) is 4.90 Å². The van der Waals surface area contributed by atoms with E-state index in [1.54, 1.807) is 12.1 Å². The zero-order chi connectivity index (χ0) is 17.7. The summed E-state index contributed by atoms with van der Waals surface area (Å²) in [4.78, 5) is -0.00105. The highest BCUT2D eigenvalue weighted by molar-refractivity contribution is 7.84. The minimum atomic E-state index is -3.81. The van der Waals surface area contributed by atoms with Crippen LogP contribution in [0.2, 0.25) is 0 Å². The van der Waals surface area contributed by atoms with Gasteiger partial charge in [-0.1, -0.05) is 0 Å². The van der Waals surface area contributed by atoms with Gasteiger partial charge in [-0.3, -0.25) is 11.5 Å². The van der Waals surface area contributed by atoms with Gasteiger partial charge in [-0.25, -0.2) is 4.39 Å². The lowest BCUT2D eigenvalue weighted by Crippen LogP contribution is -2.80. The first-order valence-electron chi connectivity index (χ1n) is 6.60. The molecule has 0 aromatic heterocycles. The van der Waals surface area contributed by atoms with Gasteiger partial charge in [-0.2, -0.15) is 12.8 Å². The number of hydrogen-bond donors (Lipinski definition) is 5. The van der Waals surface area contributed by atoms with E-state index in [0.717, 1.165) is 0 Å². The fourth-order valence-electron chi connectivity index (χ4n) is 1.76. The molecule has 2 rings (SSSR count). The van der Waals surface area contributed by atoms with Gasteiger partial charge < -0.3 is 10.6 Å². The first-order valence-corrected chi connectivity index (χ1v) is 8.50. The second-order valence-electron chi connectivity index (χ2n) is 4.67. The Morgan fingerprint density at radius 3 is 1.88 bits per heavy atom. The molecule has 2 aromatic carbocycles. The van der Waals surface area contributed by atoms with E-state index in [4.69, 9.17) is 23.7 Å². The summed E-state index contributed by atoms with van der Waals surface area (Å²) in [7, 11) is -3.81. The molecular formula is C14H15FN5O2S2+. The molecule has 0 heterocycles. The Morgan fingerprint density at radius 1 is 0.958 bits per heavy atom. The molecule has 0 saturated carbocycles. The molecule has 0 radical (unpaired) electrons. The predicted molar refractivity (Wildman–Crippen MR) is 94.2 cm³/mol.